The van der Waals surface area contributed by atoms with Gasteiger partial charge in [-0.2, -0.15) is 0 Å². The van der Waals surface area contributed by atoms with Crippen LogP contribution in [0, 0.1) is 6.92 Å². The summed E-state index contributed by atoms with van der Waals surface area (Å²) in [6.07, 6.45) is 0.676. The zero-order valence-corrected chi connectivity index (χ0v) is 18.6. The van der Waals surface area contributed by atoms with Crippen molar-refractivity contribution in [2.75, 3.05) is 5.73 Å². The number of nitrogens with zero attached hydrogens (tertiary/aromatic N) is 1. The minimum atomic E-state index is -0.204. The molecule has 0 radical (unpaired) electrons. The van der Waals surface area contributed by atoms with Crippen LogP contribution in [0.2, 0.25) is 10.0 Å². The molecule has 0 amide bonds. The fourth-order valence-electron chi connectivity index (χ4n) is 3.16. The van der Waals surface area contributed by atoms with Gasteiger partial charge in [-0.3, -0.25) is 4.79 Å². The zero-order valence-electron chi connectivity index (χ0n) is 16.3. The van der Waals surface area contributed by atoms with Crippen LogP contribution >= 0.6 is 34.5 Å². The maximum Gasteiger partial charge on any atom is 0.205 e. The van der Waals surface area contributed by atoms with Crippen LogP contribution in [0.3, 0.4) is 0 Å². The van der Waals surface area contributed by atoms with E-state index >= 15 is 0 Å². The molecule has 0 unspecified atom stereocenters. The Hall–Kier alpha value is -2.54. The minimum absolute atomic E-state index is 0.0396. The first-order valence-electron chi connectivity index (χ1n) is 9.25. The Labute approximate surface area is 187 Å². The Bertz CT molecular complexity index is 1310. The molecule has 0 atom stereocenters. The topological polar surface area (TPSA) is 78.4 Å². The molecule has 0 saturated carbocycles. The van der Waals surface area contributed by atoms with Crippen molar-refractivity contribution in [1.82, 2.24) is 4.98 Å². The van der Waals surface area contributed by atoms with Gasteiger partial charge in [0.25, 0.3) is 0 Å². The van der Waals surface area contributed by atoms with E-state index in [4.69, 9.17) is 38.1 Å². The molecule has 2 aromatic heterocycles. The highest BCUT2D eigenvalue weighted by atomic mass is 35.5. The van der Waals surface area contributed by atoms with Gasteiger partial charge in [0.2, 0.25) is 11.3 Å². The molecule has 0 fully saturated rings. The van der Waals surface area contributed by atoms with Crippen LogP contribution in [0.1, 0.15) is 23.7 Å². The van der Waals surface area contributed by atoms with Gasteiger partial charge in [-0.25, -0.2) is 4.98 Å². The molecule has 154 valence electrons. The second-order valence-corrected chi connectivity index (χ2v) is 8.50. The normalized spacial score (nSPS) is 11.2. The molecule has 2 N–H and O–H groups in total. The van der Waals surface area contributed by atoms with Gasteiger partial charge in [-0.1, -0.05) is 36.2 Å². The molecule has 0 saturated heterocycles. The second-order valence-electron chi connectivity index (χ2n) is 6.80. The maximum absolute atomic E-state index is 13.2. The van der Waals surface area contributed by atoms with Gasteiger partial charge in [0.15, 0.2) is 0 Å². The smallest absolute Gasteiger partial charge is 0.205 e. The molecule has 2 heterocycles. The largest absolute Gasteiger partial charge is 0.488 e. The van der Waals surface area contributed by atoms with Crippen LogP contribution in [-0.2, 0) is 13.0 Å². The van der Waals surface area contributed by atoms with Gasteiger partial charge in [-0.05, 0) is 37.1 Å². The zero-order chi connectivity index (χ0) is 21.4. The van der Waals surface area contributed by atoms with Crippen LogP contribution in [0.4, 0.5) is 5.88 Å². The summed E-state index contributed by atoms with van der Waals surface area (Å²) in [4.78, 5) is 17.5. The number of benzene rings is 2. The summed E-state index contributed by atoms with van der Waals surface area (Å²) in [5.41, 5.74) is 9.05. The van der Waals surface area contributed by atoms with E-state index in [1.165, 1.54) is 11.3 Å². The molecule has 8 heteroatoms. The van der Waals surface area contributed by atoms with Gasteiger partial charge >= 0.3 is 0 Å². The first kappa shape index (κ1) is 20.7. The van der Waals surface area contributed by atoms with Crippen molar-refractivity contribution in [2.24, 2.45) is 0 Å². The number of nitrogen functional groups attached to an aromatic ring is 1. The van der Waals surface area contributed by atoms with Crippen LogP contribution in [0.25, 0.3) is 21.5 Å². The van der Waals surface area contributed by atoms with E-state index in [0.717, 1.165) is 16.8 Å². The molecule has 0 spiro atoms. The number of aryl methyl sites for hydroxylation is 2. The van der Waals surface area contributed by atoms with E-state index < -0.39 is 0 Å². The predicted molar refractivity (Wildman–Crippen MR) is 123 cm³/mol. The molecular formula is C22H18Cl2N2O3S. The predicted octanol–water partition coefficient (Wildman–Crippen LogP) is 6.26. The number of halogens is 2. The summed E-state index contributed by atoms with van der Waals surface area (Å²) in [6.45, 7) is 4.11. The molecule has 0 aliphatic rings. The highest BCUT2D eigenvalue weighted by Crippen LogP contribution is 2.33. The number of nitrogens with two attached hydrogens (primary N) is 1. The van der Waals surface area contributed by atoms with Crippen LogP contribution < -0.4 is 15.9 Å². The van der Waals surface area contributed by atoms with Crippen LogP contribution in [-0.4, -0.2) is 4.98 Å². The molecule has 5 nitrogen and oxygen atoms in total. The fourth-order valence-corrected chi connectivity index (χ4v) is 4.47. The lowest BCUT2D eigenvalue weighted by Crippen LogP contribution is -2.10. The summed E-state index contributed by atoms with van der Waals surface area (Å²) in [7, 11) is 0. The monoisotopic (exact) mass is 460 g/mol. The fraction of sp³-hybridized carbons (Fsp3) is 0.182. The third-order valence-electron chi connectivity index (χ3n) is 4.71. The molecular weight excluding hydrogens is 443 g/mol. The average Bonchev–Trinajstić information content (AvgIpc) is 3.12. The van der Waals surface area contributed by atoms with Gasteiger partial charge in [0.05, 0.1) is 5.39 Å². The number of rotatable bonds is 5. The average molecular weight is 461 g/mol. The van der Waals surface area contributed by atoms with E-state index in [-0.39, 0.29) is 17.9 Å². The molecule has 2 aromatic carbocycles. The Morgan fingerprint density at radius 2 is 2.00 bits per heavy atom. The quantitative estimate of drug-likeness (QED) is 0.380. The van der Waals surface area contributed by atoms with Crippen LogP contribution in [0.5, 0.6) is 5.75 Å². The van der Waals surface area contributed by atoms with E-state index in [0.29, 0.717) is 43.8 Å². The Morgan fingerprint density at radius 3 is 2.67 bits per heavy atom. The van der Waals surface area contributed by atoms with E-state index in [9.17, 15) is 4.79 Å². The Balaban J connectivity index is 1.76. The van der Waals surface area contributed by atoms with E-state index in [1.807, 2.05) is 25.3 Å². The maximum atomic E-state index is 13.2. The van der Waals surface area contributed by atoms with Gasteiger partial charge < -0.3 is 14.9 Å². The number of aromatic nitrogens is 1. The van der Waals surface area contributed by atoms with Gasteiger partial charge in [-0.15, -0.1) is 11.3 Å². The molecule has 0 aliphatic carbocycles. The SMILES string of the molecule is CCc1cc2c(=O)c(-c3nc(C)cs3)c(N)oc2cc1OCc1ccc(Cl)cc1Cl. The number of hydrogen-bond acceptors (Lipinski definition) is 6. The van der Waals surface area contributed by atoms with E-state index in [2.05, 4.69) is 4.98 Å². The lowest BCUT2D eigenvalue weighted by atomic mass is 10.1. The van der Waals surface area contributed by atoms with Gasteiger partial charge in [0, 0.05) is 32.7 Å². The van der Waals surface area contributed by atoms with Crippen molar-refractivity contribution >= 4 is 51.4 Å². The molecule has 0 bridgehead atoms. The van der Waals surface area contributed by atoms with Crippen molar-refractivity contribution in [3.05, 3.63) is 72.8 Å². The summed E-state index contributed by atoms with van der Waals surface area (Å²) >= 11 is 13.6. The molecule has 30 heavy (non-hydrogen) atoms. The summed E-state index contributed by atoms with van der Waals surface area (Å²) in [6, 6.07) is 8.74. The number of hydrogen-bond donors (Lipinski definition) is 1. The number of anilines is 1. The lowest BCUT2D eigenvalue weighted by Gasteiger charge is -2.13. The molecule has 4 aromatic rings. The molecule has 4 rings (SSSR count). The van der Waals surface area contributed by atoms with Gasteiger partial charge in [0.1, 0.15) is 28.5 Å². The van der Waals surface area contributed by atoms with Crippen molar-refractivity contribution in [3.63, 3.8) is 0 Å². The number of fused-ring (bicyclic) bond motifs is 1. The van der Waals surface area contributed by atoms with Crippen molar-refractivity contribution in [2.45, 2.75) is 26.9 Å². The number of thiazole rings is 1. The molecule has 0 aliphatic heterocycles. The first-order valence-corrected chi connectivity index (χ1v) is 10.9. The summed E-state index contributed by atoms with van der Waals surface area (Å²) in [5.74, 6) is 0.647. The third-order valence-corrected chi connectivity index (χ3v) is 6.28. The van der Waals surface area contributed by atoms with E-state index in [1.54, 1.807) is 24.3 Å². The first-order chi connectivity index (χ1) is 14.4. The van der Waals surface area contributed by atoms with Crippen molar-refractivity contribution in [1.29, 1.82) is 0 Å². The summed E-state index contributed by atoms with van der Waals surface area (Å²) < 4.78 is 11.8. The lowest BCUT2D eigenvalue weighted by molar-refractivity contribution is 0.303. The Morgan fingerprint density at radius 1 is 1.20 bits per heavy atom. The third kappa shape index (κ3) is 3.90. The minimum Gasteiger partial charge on any atom is -0.488 e. The van der Waals surface area contributed by atoms with Crippen molar-refractivity contribution in [3.8, 4) is 16.3 Å². The summed E-state index contributed by atoms with van der Waals surface area (Å²) in [5, 5.41) is 3.96. The Kier molecular flexibility index (Phi) is 5.73. The highest BCUT2D eigenvalue weighted by molar-refractivity contribution is 7.13. The second kappa shape index (κ2) is 8.30. The highest BCUT2D eigenvalue weighted by Gasteiger charge is 2.19. The number of ether oxygens (including phenoxy) is 1. The van der Waals surface area contributed by atoms with Crippen molar-refractivity contribution < 1.29 is 9.15 Å². The standard InChI is InChI=1S/C22H18Cl2N2O3S/c1-3-12-6-15-18(8-17(12)28-9-13-4-5-14(23)7-16(13)24)29-21(25)19(20(15)27)22-26-11(2)10-30-22/h4-8,10H,3,9,25H2,1-2H3. The van der Waals surface area contributed by atoms with Crippen LogP contribution in [0.15, 0.2) is 44.9 Å².